The van der Waals surface area contributed by atoms with Gasteiger partial charge in [-0.3, -0.25) is 9.78 Å². The average Bonchev–Trinajstić information content (AvgIpc) is 2.89. The summed E-state index contributed by atoms with van der Waals surface area (Å²) in [5, 5.41) is 1.03. The third kappa shape index (κ3) is 2.56. The molecule has 3 rings (SSSR count). The van der Waals surface area contributed by atoms with E-state index in [0.717, 1.165) is 23.1 Å². The molecular weight excluding hydrogens is 268 g/mol. The van der Waals surface area contributed by atoms with Crippen molar-refractivity contribution in [3.05, 3.63) is 36.5 Å². The van der Waals surface area contributed by atoms with Crippen LogP contribution in [0.25, 0.3) is 10.9 Å². The lowest BCUT2D eigenvalue weighted by molar-refractivity contribution is -0.147. The molecule has 0 amide bonds. The third-order valence-electron chi connectivity index (χ3n) is 3.99. The molecule has 1 aromatic heterocycles. The van der Waals surface area contributed by atoms with Crippen molar-refractivity contribution in [1.29, 1.82) is 0 Å². The van der Waals surface area contributed by atoms with Crippen LogP contribution < -0.4 is 10.5 Å². The smallest absolute Gasteiger partial charge is 0.325 e. The summed E-state index contributed by atoms with van der Waals surface area (Å²) >= 11 is 0. The summed E-state index contributed by atoms with van der Waals surface area (Å²) < 4.78 is 10.8. The van der Waals surface area contributed by atoms with Gasteiger partial charge in [0, 0.05) is 18.0 Å². The highest BCUT2D eigenvalue weighted by Gasteiger charge is 2.44. The van der Waals surface area contributed by atoms with Gasteiger partial charge < -0.3 is 15.2 Å². The van der Waals surface area contributed by atoms with Crippen LogP contribution in [0.5, 0.6) is 5.75 Å². The lowest BCUT2D eigenvalue weighted by atomic mass is 10.00. The van der Waals surface area contributed by atoms with E-state index in [-0.39, 0.29) is 12.1 Å². The summed E-state index contributed by atoms with van der Waals surface area (Å²) in [5.74, 6) is 0.358. The minimum atomic E-state index is -0.933. The largest absolute Gasteiger partial charge is 0.488 e. The number of carbonyl (C=O) groups is 1. The zero-order valence-electron chi connectivity index (χ0n) is 11.9. The highest BCUT2D eigenvalue weighted by Crippen LogP contribution is 2.33. The number of methoxy groups -OCH3 is 1. The van der Waals surface area contributed by atoms with Crippen molar-refractivity contribution in [3.8, 4) is 5.75 Å². The first-order valence-electron chi connectivity index (χ1n) is 7.00. The quantitative estimate of drug-likeness (QED) is 0.874. The van der Waals surface area contributed by atoms with Crippen molar-refractivity contribution in [2.24, 2.45) is 5.73 Å². The first-order valence-corrected chi connectivity index (χ1v) is 7.00. The Bertz CT molecular complexity index is 668. The SMILES string of the molecule is COC(=O)C1(N)CCC(Oc2cccc3cccnc23)C1. The fourth-order valence-electron chi connectivity index (χ4n) is 2.87. The van der Waals surface area contributed by atoms with Gasteiger partial charge in [-0.2, -0.15) is 0 Å². The van der Waals surface area contributed by atoms with E-state index in [1.54, 1.807) is 6.20 Å². The van der Waals surface area contributed by atoms with E-state index in [4.69, 9.17) is 15.2 Å². The molecule has 2 aromatic rings. The Morgan fingerprint density at radius 1 is 1.38 bits per heavy atom. The number of hydrogen-bond acceptors (Lipinski definition) is 5. The van der Waals surface area contributed by atoms with Crippen molar-refractivity contribution in [2.45, 2.75) is 30.9 Å². The van der Waals surface area contributed by atoms with Crippen LogP contribution in [0.4, 0.5) is 0 Å². The van der Waals surface area contributed by atoms with Gasteiger partial charge in [0.15, 0.2) is 0 Å². The number of hydrogen-bond donors (Lipinski definition) is 1. The maximum atomic E-state index is 11.7. The highest BCUT2D eigenvalue weighted by atomic mass is 16.5. The van der Waals surface area contributed by atoms with Gasteiger partial charge in [-0.1, -0.05) is 18.2 Å². The van der Waals surface area contributed by atoms with Gasteiger partial charge in [0.05, 0.1) is 7.11 Å². The first-order chi connectivity index (χ1) is 10.1. The number of rotatable bonds is 3. The molecule has 1 aromatic carbocycles. The molecule has 2 atom stereocenters. The maximum Gasteiger partial charge on any atom is 0.325 e. The van der Waals surface area contributed by atoms with Crippen LogP contribution in [0.2, 0.25) is 0 Å². The van der Waals surface area contributed by atoms with E-state index in [1.165, 1.54) is 7.11 Å². The van der Waals surface area contributed by atoms with Crippen LogP contribution in [0.15, 0.2) is 36.5 Å². The van der Waals surface area contributed by atoms with Crippen LogP contribution in [0, 0.1) is 0 Å². The topological polar surface area (TPSA) is 74.4 Å². The van der Waals surface area contributed by atoms with Gasteiger partial charge in [-0.05, 0) is 25.0 Å². The molecule has 1 saturated carbocycles. The molecule has 0 spiro atoms. The lowest BCUT2D eigenvalue weighted by Gasteiger charge is -2.21. The fraction of sp³-hybridized carbons (Fsp3) is 0.375. The van der Waals surface area contributed by atoms with Crippen molar-refractivity contribution < 1.29 is 14.3 Å². The zero-order chi connectivity index (χ0) is 14.9. The zero-order valence-corrected chi connectivity index (χ0v) is 11.9. The molecule has 110 valence electrons. The van der Waals surface area contributed by atoms with Crippen molar-refractivity contribution in [3.63, 3.8) is 0 Å². The first kappa shape index (κ1) is 13.8. The molecule has 0 radical (unpaired) electrons. The molecule has 0 saturated heterocycles. The summed E-state index contributed by atoms with van der Waals surface area (Å²) in [6.07, 6.45) is 3.41. The molecule has 1 aliphatic rings. The van der Waals surface area contributed by atoms with Crippen molar-refractivity contribution in [1.82, 2.24) is 4.98 Å². The van der Waals surface area contributed by atoms with Crippen LogP contribution in [0.1, 0.15) is 19.3 Å². The molecule has 5 nitrogen and oxygen atoms in total. The van der Waals surface area contributed by atoms with E-state index < -0.39 is 5.54 Å². The third-order valence-corrected chi connectivity index (χ3v) is 3.99. The Kier molecular flexibility index (Phi) is 3.51. The lowest BCUT2D eigenvalue weighted by Crippen LogP contribution is -2.47. The summed E-state index contributed by atoms with van der Waals surface area (Å²) in [4.78, 5) is 16.1. The second-order valence-electron chi connectivity index (χ2n) is 5.46. The molecule has 1 aliphatic carbocycles. The highest BCUT2D eigenvalue weighted by molar-refractivity contribution is 5.84. The molecule has 0 aliphatic heterocycles. The Morgan fingerprint density at radius 2 is 2.19 bits per heavy atom. The van der Waals surface area contributed by atoms with E-state index in [9.17, 15) is 4.79 Å². The van der Waals surface area contributed by atoms with Gasteiger partial charge in [0.1, 0.15) is 22.9 Å². The number of fused-ring (bicyclic) bond motifs is 1. The Labute approximate surface area is 123 Å². The number of pyridine rings is 1. The van der Waals surface area contributed by atoms with E-state index in [1.807, 2.05) is 30.3 Å². The summed E-state index contributed by atoms with van der Waals surface area (Å²) in [6, 6.07) is 9.70. The predicted molar refractivity (Wildman–Crippen MR) is 78.9 cm³/mol. The van der Waals surface area contributed by atoms with Gasteiger partial charge in [-0.15, -0.1) is 0 Å². The van der Waals surface area contributed by atoms with Gasteiger partial charge in [0.2, 0.25) is 0 Å². The molecule has 1 heterocycles. The number of aromatic nitrogens is 1. The van der Waals surface area contributed by atoms with Crippen LogP contribution in [-0.2, 0) is 9.53 Å². The van der Waals surface area contributed by atoms with E-state index in [0.29, 0.717) is 12.8 Å². The second kappa shape index (κ2) is 5.33. The number of carbonyl (C=O) groups excluding carboxylic acids is 1. The van der Waals surface area contributed by atoms with Gasteiger partial charge >= 0.3 is 5.97 Å². The number of nitrogens with zero attached hydrogens (tertiary/aromatic N) is 1. The Balaban J connectivity index is 1.80. The molecule has 2 N–H and O–H groups in total. The predicted octanol–water partition coefficient (Wildman–Crippen LogP) is 2.04. The Hall–Kier alpha value is -2.14. The maximum absolute atomic E-state index is 11.7. The number of para-hydroxylation sites is 1. The van der Waals surface area contributed by atoms with E-state index in [2.05, 4.69) is 4.98 Å². The van der Waals surface area contributed by atoms with Gasteiger partial charge in [0.25, 0.3) is 0 Å². The minimum Gasteiger partial charge on any atom is -0.488 e. The number of benzene rings is 1. The molecule has 0 bridgehead atoms. The van der Waals surface area contributed by atoms with E-state index >= 15 is 0 Å². The number of nitrogens with two attached hydrogens (primary N) is 1. The molecule has 21 heavy (non-hydrogen) atoms. The average molecular weight is 286 g/mol. The Morgan fingerprint density at radius 3 is 3.00 bits per heavy atom. The number of ether oxygens (including phenoxy) is 2. The fourth-order valence-corrected chi connectivity index (χ4v) is 2.87. The number of esters is 1. The standard InChI is InChI=1S/C16H18N2O3/c1-20-15(19)16(17)8-7-12(10-16)21-13-6-2-4-11-5-3-9-18-14(11)13/h2-6,9,12H,7-8,10,17H2,1H3. The molecule has 1 fully saturated rings. The normalized spacial score (nSPS) is 25.0. The van der Waals surface area contributed by atoms with Gasteiger partial charge in [-0.25, -0.2) is 0 Å². The summed E-state index contributed by atoms with van der Waals surface area (Å²) in [7, 11) is 1.36. The summed E-state index contributed by atoms with van der Waals surface area (Å²) in [6.45, 7) is 0. The minimum absolute atomic E-state index is 0.0956. The molecule has 2 unspecified atom stereocenters. The molecular formula is C16H18N2O3. The van der Waals surface area contributed by atoms with Crippen LogP contribution in [0.3, 0.4) is 0 Å². The summed E-state index contributed by atoms with van der Waals surface area (Å²) in [5.41, 5.74) is 5.99. The monoisotopic (exact) mass is 286 g/mol. The van der Waals surface area contributed by atoms with Crippen molar-refractivity contribution >= 4 is 16.9 Å². The van der Waals surface area contributed by atoms with Crippen LogP contribution in [-0.4, -0.2) is 29.7 Å². The van der Waals surface area contributed by atoms with Crippen LogP contribution >= 0.6 is 0 Å². The molecule has 5 heteroatoms. The second-order valence-corrected chi connectivity index (χ2v) is 5.46. The van der Waals surface area contributed by atoms with Crippen molar-refractivity contribution in [2.75, 3.05) is 7.11 Å².